The quantitative estimate of drug-likeness (QED) is 0.258. The molecule has 7 heteroatoms. The molecule has 2 rings (SSSR count). The Morgan fingerprint density at radius 1 is 1.11 bits per heavy atom. The smallest absolute Gasteiger partial charge is 0.219 e. The first-order chi connectivity index (χ1) is 12.6. The Balaban J connectivity index is 0.00000364. The molecule has 148 valence electrons. The molecule has 0 radical (unpaired) electrons. The highest BCUT2D eigenvalue weighted by atomic mass is 127. The fraction of sp³-hybridized carbons (Fsp3) is 0.400. The summed E-state index contributed by atoms with van der Waals surface area (Å²) in [6, 6.07) is 9.88. The number of aryl methyl sites for hydroxylation is 2. The van der Waals surface area contributed by atoms with E-state index in [0.717, 1.165) is 23.8 Å². The van der Waals surface area contributed by atoms with Gasteiger partial charge in [0.1, 0.15) is 5.75 Å². The van der Waals surface area contributed by atoms with Crippen molar-refractivity contribution in [3.63, 3.8) is 0 Å². The van der Waals surface area contributed by atoms with E-state index < -0.39 is 0 Å². The van der Waals surface area contributed by atoms with Crippen molar-refractivity contribution in [3.05, 3.63) is 53.2 Å². The highest BCUT2D eigenvalue weighted by Crippen LogP contribution is 2.22. The average molecular weight is 484 g/mol. The lowest BCUT2D eigenvalue weighted by molar-refractivity contribution is 0.203. The van der Waals surface area contributed by atoms with Crippen molar-refractivity contribution >= 4 is 29.9 Å². The highest BCUT2D eigenvalue weighted by molar-refractivity contribution is 14.0. The number of aliphatic imine (C=N–C) groups is 1. The third kappa shape index (κ3) is 8.13. The molecule has 0 aliphatic carbocycles. The first kappa shape index (κ1) is 23.2. The van der Waals surface area contributed by atoms with Crippen LogP contribution in [0.5, 0.6) is 11.6 Å². The van der Waals surface area contributed by atoms with Crippen molar-refractivity contribution < 1.29 is 9.47 Å². The maximum atomic E-state index is 5.88. The van der Waals surface area contributed by atoms with Crippen LogP contribution < -0.4 is 15.4 Å². The maximum Gasteiger partial charge on any atom is 0.219 e. The van der Waals surface area contributed by atoms with Crippen LogP contribution in [0.3, 0.4) is 0 Å². The molecule has 0 fully saturated rings. The molecular formula is C20H29IN4O2. The molecule has 0 aliphatic heterocycles. The van der Waals surface area contributed by atoms with Gasteiger partial charge in [-0.2, -0.15) is 0 Å². The van der Waals surface area contributed by atoms with E-state index in [9.17, 15) is 0 Å². The van der Waals surface area contributed by atoms with E-state index in [2.05, 4.69) is 34.5 Å². The molecular weight excluding hydrogens is 455 g/mol. The Morgan fingerprint density at radius 2 is 1.93 bits per heavy atom. The normalized spacial score (nSPS) is 10.9. The van der Waals surface area contributed by atoms with Crippen LogP contribution in [-0.4, -0.2) is 37.7 Å². The topological polar surface area (TPSA) is 67.8 Å². The molecule has 0 atom stereocenters. The minimum atomic E-state index is 0. The van der Waals surface area contributed by atoms with E-state index in [1.54, 1.807) is 13.3 Å². The van der Waals surface area contributed by atoms with Gasteiger partial charge in [-0.05, 0) is 55.7 Å². The van der Waals surface area contributed by atoms with Crippen LogP contribution in [0.4, 0.5) is 0 Å². The van der Waals surface area contributed by atoms with E-state index in [1.165, 1.54) is 11.1 Å². The van der Waals surface area contributed by atoms with E-state index in [-0.39, 0.29) is 24.0 Å². The second-order valence-electron chi connectivity index (χ2n) is 5.97. The van der Waals surface area contributed by atoms with Gasteiger partial charge in [-0.25, -0.2) is 9.98 Å². The van der Waals surface area contributed by atoms with Crippen molar-refractivity contribution in [2.45, 2.75) is 27.3 Å². The van der Waals surface area contributed by atoms with E-state index >= 15 is 0 Å². The maximum absolute atomic E-state index is 5.88. The summed E-state index contributed by atoms with van der Waals surface area (Å²) in [5.41, 5.74) is 3.47. The second-order valence-corrected chi connectivity index (χ2v) is 5.97. The largest absolute Gasteiger partial charge is 0.439 e. The molecule has 1 aromatic carbocycles. The molecule has 1 heterocycles. The van der Waals surface area contributed by atoms with Gasteiger partial charge in [-0.3, -0.25) is 0 Å². The number of guanidine groups is 1. The number of nitrogens with zero attached hydrogens (tertiary/aromatic N) is 2. The number of hydrogen-bond donors (Lipinski definition) is 2. The average Bonchev–Trinajstić information content (AvgIpc) is 2.63. The third-order valence-electron chi connectivity index (χ3n) is 3.86. The molecule has 6 nitrogen and oxygen atoms in total. The molecule has 0 aliphatic rings. The van der Waals surface area contributed by atoms with E-state index in [4.69, 9.17) is 9.47 Å². The van der Waals surface area contributed by atoms with Crippen molar-refractivity contribution in [1.29, 1.82) is 0 Å². The summed E-state index contributed by atoms with van der Waals surface area (Å²) in [6.45, 7) is 8.87. The number of benzene rings is 1. The summed E-state index contributed by atoms with van der Waals surface area (Å²) in [5, 5.41) is 6.44. The van der Waals surface area contributed by atoms with Crippen LogP contribution in [-0.2, 0) is 11.3 Å². The fourth-order valence-electron chi connectivity index (χ4n) is 2.29. The molecule has 1 aromatic heterocycles. The number of hydrogen-bond acceptors (Lipinski definition) is 4. The SMILES string of the molecule is CCNC(=NCc1ccnc(Oc2ccc(C)c(C)c2)c1)NCCOC.I. The number of ether oxygens (including phenoxy) is 2. The van der Waals surface area contributed by atoms with Crippen LogP contribution in [0, 0.1) is 13.8 Å². The molecule has 0 saturated carbocycles. The first-order valence-corrected chi connectivity index (χ1v) is 8.83. The lowest BCUT2D eigenvalue weighted by Gasteiger charge is -2.11. The van der Waals surface area contributed by atoms with Crippen molar-refractivity contribution in [2.24, 2.45) is 4.99 Å². The fourth-order valence-corrected chi connectivity index (χ4v) is 2.29. The Morgan fingerprint density at radius 3 is 2.63 bits per heavy atom. The molecule has 0 saturated heterocycles. The molecule has 2 N–H and O–H groups in total. The number of nitrogens with one attached hydrogen (secondary N) is 2. The van der Waals surface area contributed by atoms with Crippen molar-refractivity contribution in [3.8, 4) is 11.6 Å². The lowest BCUT2D eigenvalue weighted by Crippen LogP contribution is -2.38. The van der Waals surface area contributed by atoms with Gasteiger partial charge in [0.05, 0.1) is 13.2 Å². The van der Waals surface area contributed by atoms with Gasteiger partial charge in [0.25, 0.3) is 0 Å². The second kappa shape index (κ2) is 12.5. The highest BCUT2D eigenvalue weighted by Gasteiger charge is 2.03. The summed E-state index contributed by atoms with van der Waals surface area (Å²) < 4.78 is 10.9. The Bertz CT molecular complexity index is 738. The van der Waals surface area contributed by atoms with Crippen LogP contribution in [0.15, 0.2) is 41.5 Å². The van der Waals surface area contributed by atoms with E-state index in [0.29, 0.717) is 25.6 Å². The zero-order valence-corrected chi connectivity index (χ0v) is 18.7. The minimum Gasteiger partial charge on any atom is -0.439 e. The standard InChI is InChI=1S/C20H28N4O2.HI/c1-5-21-20(23-10-11-25-4)24-14-17-8-9-22-19(13-17)26-18-7-6-15(2)16(3)12-18;/h6-9,12-13H,5,10-11,14H2,1-4H3,(H2,21,23,24);1H. The first-order valence-electron chi connectivity index (χ1n) is 8.83. The van der Waals surface area contributed by atoms with Gasteiger partial charge in [-0.15, -0.1) is 24.0 Å². The van der Waals surface area contributed by atoms with Crippen molar-refractivity contribution in [1.82, 2.24) is 15.6 Å². The lowest BCUT2D eigenvalue weighted by atomic mass is 10.1. The Labute approximate surface area is 178 Å². The molecule has 0 unspecified atom stereocenters. The van der Waals surface area contributed by atoms with Gasteiger partial charge in [0, 0.05) is 32.5 Å². The monoisotopic (exact) mass is 484 g/mol. The number of pyridine rings is 1. The van der Waals surface area contributed by atoms with E-state index in [1.807, 2.05) is 37.3 Å². The van der Waals surface area contributed by atoms with Gasteiger partial charge < -0.3 is 20.1 Å². The zero-order chi connectivity index (χ0) is 18.8. The van der Waals surface area contributed by atoms with Gasteiger partial charge in [-0.1, -0.05) is 6.07 Å². The summed E-state index contributed by atoms with van der Waals surface area (Å²) in [5.74, 6) is 2.12. The predicted molar refractivity (Wildman–Crippen MR) is 120 cm³/mol. The van der Waals surface area contributed by atoms with Crippen LogP contribution >= 0.6 is 24.0 Å². The predicted octanol–water partition coefficient (Wildman–Crippen LogP) is 3.81. The molecule has 27 heavy (non-hydrogen) atoms. The van der Waals surface area contributed by atoms with Gasteiger partial charge in [0.2, 0.25) is 5.88 Å². The zero-order valence-electron chi connectivity index (χ0n) is 16.4. The van der Waals surface area contributed by atoms with Crippen LogP contribution in [0.2, 0.25) is 0 Å². The van der Waals surface area contributed by atoms with Gasteiger partial charge in [0.15, 0.2) is 5.96 Å². The summed E-state index contributed by atoms with van der Waals surface area (Å²) in [4.78, 5) is 8.88. The molecule has 2 aromatic rings. The van der Waals surface area contributed by atoms with Crippen LogP contribution in [0.25, 0.3) is 0 Å². The summed E-state index contributed by atoms with van der Waals surface area (Å²) in [7, 11) is 1.68. The summed E-state index contributed by atoms with van der Waals surface area (Å²) >= 11 is 0. The third-order valence-corrected chi connectivity index (χ3v) is 3.86. The van der Waals surface area contributed by atoms with Crippen molar-refractivity contribution in [2.75, 3.05) is 26.8 Å². The number of methoxy groups -OCH3 is 1. The number of rotatable bonds is 8. The molecule has 0 amide bonds. The number of aromatic nitrogens is 1. The summed E-state index contributed by atoms with van der Waals surface area (Å²) in [6.07, 6.45) is 1.74. The minimum absolute atomic E-state index is 0. The van der Waals surface area contributed by atoms with Gasteiger partial charge >= 0.3 is 0 Å². The molecule has 0 bridgehead atoms. The Kier molecular flexibility index (Phi) is 10.7. The van der Waals surface area contributed by atoms with Crippen LogP contribution in [0.1, 0.15) is 23.6 Å². The number of halogens is 1. The molecule has 0 spiro atoms. The Hall–Kier alpha value is -1.87.